The van der Waals surface area contributed by atoms with Crippen LogP contribution in [0.2, 0.25) is 18.6 Å². The fourth-order valence-electron chi connectivity index (χ4n) is 1.43. The van der Waals surface area contributed by atoms with Crippen LogP contribution in [0.25, 0.3) is 0 Å². The minimum Gasteiger partial charge on any atom is -0.314 e. The maximum atomic E-state index is 13.7. The summed E-state index contributed by atoms with van der Waals surface area (Å²) in [6, 6.07) is 3.75. The van der Waals surface area contributed by atoms with Gasteiger partial charge in [-0.1, -0.05) is 13.3 Å². The van der Waals surface area contributed by atoms with Crippen LogP contribution >= 0.6 is 0 Å². The smallest absolute Gasteiger partial charge is 0.246 e. The first-order valence-corrected chi connectivity index (χ1v) is 7.41. The summed E-state index contributed by atoms with van der Waals surface area (Å²) >= 11 is 0. The van der Waals surface area contributed by atoms with E-state index in [1.807, 2.05) is 19.1 Å². The van der Waals surface area contributed by atoms with E-state index in [1.165, 1.54) is 0 Å². The SMILES string of the molecule is CCCC(C(C#N)C#N)[Si](C)(C)F. The van der Waals surface area contributed by atoms with Crippen LogP contribution in [0.3, 0.4) is 0 Å². The molecule has 0 aromatic heterocycles. The van der Waals surface area contributed by atoms with E-state index in [2.05, 4.69) is 0 Å². The zero-order chi connectivity index (χ0) is 10.5. The minimum absolute atomic E-state index is 0.340. The van der Waals surface area contributed by atoms with E-state index < -0.39 is 14.3 Å². The maximum Gasteiger partial charge on any atom is 0.246 e. The third-order valence-corrected chi connectivity index (χ3v) is 4.55. The quantitative estimate of drug-likeness (QED) is 0.515. The monoisotopic (exact) mass is 198 g/mol. The van der Waals surface area contributed by atoms with Crippen molar-refractivity contribution in [2.24, 2.45) is 5.92 Å². The summed E-state index contributed by atoms with van der Waals surface area (Å²) in [5.41, 5.74) is -0.340. The van der Waals surface area contributed by atoms with Crippen LogP contribution in [0.5, 0.6) is 0 Å². The van der Waals surface area contributed by atoms with E-state index in [0.717, 1.165) is 6.42 Å². The molecule has 0 radical (unpaired) electrons. The summed E-state index contributed by atoms with van der Waals surface area (Å²) < 4.78 is 13.7. The summed E-state index contributed by atoms with van der Waals surface area (Å²) in [7, 11) is -2.86. The van der Waals surface area contributed by atoms with Crippen LogP contribution in [0.15, 0.2) is 0 Å². The molecule has 0 aliphatic heterocycles. The van der Waals surface area contributed by atoms with Crippen molar-refractivity contribution in [3.8, 4) is 12.1 Å². The van der Waals surface area contributed by atoms with Crippen molar-refractivity contribution in [3.63, 3.8) is 0 Å². The number of nitrogens with zero attached hydrogens (tertiary/aromatic N) is 2. The van der Waals surface area contributed by atoms with Crippen molar-refractivity contribution in [1.82, 2.24) is 0 Å². The van der Waals surface area contributed by atoms with Gasteiger partial charge in [-0.05, 0) is 19.5 Å². The van der Waals surface area contributed by atoms with Crippen LogP contribution in [-0.2, 0) is 0 Å². The molecule has 0 aromatic carbocycles. The van der Waals surface area contributed by atoms with Crippen LogP contribution in [0, 0.1) is 28.6 Å². The third-order valence-electron chi connectivity index (χ3n) is 2.16. The molecule has 0 aliphatic rings. The molecule has 0 fully saturated rings. The van der Waals surface area contributed by atoms with Gasteiger partial charge in [-0.15, -0.1) is 0 Å². The molecule has 2 nitrogen and oxygen atoms in total. The number of hydrogen-bond donors (Lipinski definition) is 0. The van der Waals surface area contributed by atoms with Crippen LogP contribution in [0.4, 0.5) is 4.11 Å². The second-order valence-electron chi connectivity index (χ2n) is 3.70. The highest BCUT2D eigenvalue weighted by Gasteiger charge is 2.38. The van der Waals surface area contributed by atoms with E-state index in [0.29, 0.717) is 6.42 Å². The van der Waals surface area contributed by atoms with E-state index in [-0.39, 0.29) is 5.54 Å². The van der Waals surface area contributed by atoms with E-state index >= 15 is 0 Å². The van der Waals surface area contributed by atoms with Crippen LogP contribution in [0.1, 0.15) is 19.8 Å². The first-order valence-electron chi connectivity index (χ1n) is 4.45. The first-order chi connectivity index (χ1) is 5.97. The van der Waals surface area contributed by atoms with Gasteiger partial charge in [-0.25, -0.2) is 0 Å². The summed E-state index contributed by atoms with van der Waals surface area (Å²) in [6.45, 7) is 5.07. The summed E-state index contributed by atoms with van der Waals surface area (Å²) in [4.78, 5) is 0. The second-order valence-corrected chi connectivity index (χ2v) is 7.57. The average Bonchev–Trinajstić information content (AvgIpc) is 2.03. The van der Waals surface area contributed by atoms with Gasteiger partial charge in [-0.3, -0.25) is 0 Å². The zero-order valence-corrected chi connectivity index (χ0v) is 9.34. The molecule has 13 heavy (non-hydrogen) atoms. The maximum absolute atomic E-state index is 13.7. The highest BCUT2D eigenvalue weighted by atomic mass is 28.4. The van der Waals surface area contributed by atoms with Crippen molar-refractivity contribution in [3.05, 3.63) is 0 Å². The highest BCUT2D eigenvalue weighted by molar-refractivity contribution is 6.72. The summed E-state index contributed by atoms with van der Waals surface area (Å²) in [5, 5.41) is 17.3. The Hall–Kier alpha value is -0.873. The van der Waals surface area contributed by atoms with Gasteiger partial charge in [0, 0.05) is 5.54 Å². The molecule has 0 rings (SSSR count). The first kappa shape index (κ1) is 12.1. The van der Waals surface area contributed by atoms with Crippen molar-refractivity contribution >= 4 is 8.41 Å². The largest absolute Gasteiger partial charge is 0.314 e. The number of hydrogen-bond acceptors (Lipinski definition) is 2. The molecule has 0 aromatic rings. The molecule has 0 heterocycles. The lowest BCUT2D eigenvalue weighted by molar-refractivity contribution is 0.586. The predicted octanol–water partition coefficient (Wildman–Crippen LogP) is 2.99. The van der Waals surface area contributed by atoms with Gasteiger partial charge in [0.2, 0.25) is 8.41 Å². The Morgan fingerprint density at radius 3 is 2.00 bits per heavy atom. The van der Waals surface area contributed by atoms with Crippen molar-refractivity contribution < 1.29 is 4.11 Å². The normalized spacial score (nSPS) is 13.5. The Kier molecular flexibility index (Phi) is 4.65. The van der Waals surface area contributed by atoms with E-state index in [4.69, 9.17) is 10.5 Å². The number of nitriles is 2. The molecular formula is C9H15FN2Si. The second kappa shape index (κ2) is 4.99. The van der Waals surface area contributed by atoms with Gasteiger partial charge < -0.3 is 4.11 Å². The van der Waals surface area contributed by atoms with Crippen molar-refractivity contribution in [2.75, 3.05) is 0 Å². The summed E-state index contributed by atoms with van der Waals surface area (Å²) in [6.07, 6.45) is 1.46. The Balaban J connectivity index is 4.63. The highest BCUT2D eigenvalue weighted by Crippen LogP contribution is 2.34. The molecule has 72 valence electrons. The molecule has 0 spiro atoms. The number of halogens is 1. The van der Waals surface area contributed by atoms with Gasteiger partial charge >= 0.3 is 0 Å². The standard InChI is InChI=1S/C9H15FN2Si/c1-4-5-9(13(2,3)10)8(6-11)7-12/h8-9H,4-5H2,1-3H3. The molecule has 1 unspecified atom stereocenters. The Labute approximate surface area is 80.2 Å². The third kappa shape index (κ3) is 3.56. The van der Waals surface area contributed by atoms with Gasteiger partial charge in [0.05, 0.1) is 12.1 Å². The van der Waals surface area contributed by atoms with Gasteiger partial charge in [0.1, 0.15) is 5.92 Å². The fourth-order valence-corrected chi connectivity index (χ4v) is 3.34. The van der Waals surface area contributed by atoms with Crippen molar-refractivity contribution in [1.29, 1.82) is 10.5 Å². The molecule has 4 heteroatoms. The van der Waals surface area contributed by atoms with Gasteiger partial charge in [0.15, 0.2) is 0 Å². The fraction of sp³-hybridized carbons (Fsp3) is 0.778. The molecule has 0 saturated heterocycles. The Bertz CT molecular complexity index is 219. The van der Waals surface area contributed by atoms with Crippen LogP contribution in [-0.4, -0.2) is 8.41 Å². The lowest BCUT2D eigenvalue weighted by Gasteiger charge is -2.24. The molecule has 0 amide bonds. The number of rotatable bonds is 4. The molecule has 0 saturated carbocycles. The van der Waals surface area contributed by atoms with Crippen LogP contribution < -0.4 is 0 Å². The molecular weight excluding hydrogens is 183 g/mol. The van der Waals surface area contributed by atoms with Gasteiger partial charge in [0.25, 0.3) is 0 Å². The van der Waals surface area contributed by atoms with Gasteiger partial charge in [-0.2, -0.15) is 10.5 Å². The lowest BCUT2D eigenvalue weighted by atomic mass is 10.1. The average molecular weight is 198 g/mol. The van der Waals surface area contributed by atoms with E-state index in [1.54, 1.807) is 13.1 Å². The molecule has 0 N–H and O–H groups in total. The minimum atomic E-state index is -2.86. The van der Waals surface area contributed by atoms with E-state index in [9.17, 15) is 4.11 Å². The molecule has 1 atom stereocenters. The molecule has 0 aliphatic carbocycles. The summed E-state index contributed by atoms with van der Waals surface area (Å²) in [5.74, 6) is -0.772. The Morgan fingerprint density at radius 2 is 1.77 bits per heavy atom. The zero-order valence-electron chi connectivity index (χ0n) is 8.34. The molecule has 0 bridgehead atoms. The Morgan fingerprint density at radius 1 is 1.31 bits per heavy atom. The topological polar surface area (TPSA) is 47.6 Å². The predicted molar refractivity (Wildman–Crippen MR) is 52.0 cm³/mol. The lowest BCUT2D eigenvalue weighted by Crippen LogP contribution is -2.31. The van der Waals surface area contributed by atoms with Crippen molar-refractivity contribution in [2.45, 2.75) is 38.4 Å².